The third kappa shape index (κ3) is 3.84. The fraction of sp³-hybridized carbons (Fsp3) is 0. The maximum Gasteiger partial charge on any atom is 0.339 e. The normalized spacial score (nSPS) is 11.0. The smallest absolute Gasteiger partial charge is 0.339 e. The van der Waals surface area contributed by atoms with Gasteiger partial charge < -0.3 is 14.9 Å². The van der Waals surface area contributed by atoms with Crippen LogP contribution in [-0.2, 0) is 10.1 Å². The van der Waals surface area contributed by atoms with Crippen molar-refractivity contribution in [2.45, 2.75) is 4.90 Å². The van der Waals surface area contributed by atoms with Crippen LogP contribution in [0.2, 0.25) is 0 Å². The van der Waals surface area contributed by atoms with Gasteiger partial charge in [-0.2, -0.15) is 8.42 Å². The van der Waals surface area contributed by atoms with E-state index >= 15 is 0 Å². The molecular weight excluding hydrogens is 328 g/mol. The van der Waals surface area contributed by atoms with Gasteiger partial charge >= 0.3 is 11.9 Å². The third-order valence-electron chi connectivity index (χ3n) is 2.81. The number of benzene rings is 2. The Morgan fingerprint density at radius 1 is 0.913 bits per heavy atom. The van der Waals surface area contributed by atoms with Crippen LogP contribution in [0.1, 0.15) is 20.7 Å². The molecule has 0 saturated carbocycles. The molecule has 0 unspecified atom stereocenters. The Labute approximate surface area is 130 Å². The molecule has 0 aliphatic rings. The zero-order valence-electron chi connectivity index (χ0n) is 11.3. The first kappa shape index (κ1) is 16.5. The minimum atomic E-state index is -4.36. The monoisotopic (exact) mass is 338 g/mol. The Morgan fingerprint density at radius 3 is 2.00 bits per heavy atom. The van der Waals surface area contributed by atoms with Gasteiger partial charge in [0.05, 0.1) is 10.5 Å². The molecule has 0 fully saturated rings. The Bertz CT molecular complexity index is 868. The van der Waals surface area contributed by atoms with Gasteiger partial charge in [0.25, 0.3) is 10.1 Å². The quantitative estimate of drug-likeness (QED) is 0.705. The van der Waals surface area contributed by atoms with Crippen LogP contribution in [0.4, 0.5) is 0 Å². The molecule has 2 rings (SSSR count). The topological polar surface area (TPSA) is 138 Å². The maximum absolute atomic E-state index is 11.1. The van der Waals surface area contributed by atoms with E-state index in [2.05, 4.69) is 0 Å². The Hall–Kier alpha value is -2.91. The van der Waals surface area contributed by atoms with E-state index in [1.807, 2.05) is 0 Å². The molecular formula is C14H10O8S. The summed E-state index contributed by atoms with van der Waals surface area (Å²) in [7, 11) is -4.36. The summed E-state index contributed by atoms with van der Waals surface area (Å²) < 4.78 is 36.1. The lowest BCUT2D eigenvalue weighted by Crippen LogP contribution is -2.04. The molecule has 9 heteroatoms. The number of aromatic carboxylic acids is 2. The summed E-state index contributed by atoms with van der Waals surface area (Å²) in [6, 6.07) is 7.78. The predicted octanol–water partition coefficient (Wildman–Crippen LogP) is 2.12. The molecule has 3 N–H and O–H groups in total. The standard InChI is InChI=1S/C14H10O8S/c15-13(16)8-1-6-11(14(17)18)12(7-8)22-9-2-4-10(5-3-9)23(19,20)21/h1-7H,(H,15,16)(H,17,18)(H,19,20,21). The average molecular weight is 338 g/mol. The van der Waals surface area contributed by atoms with Crippen LogP contribution in [-0.4, -0.2) is 35.1 Å². The van der Waals surface area contributed by atoms with Crippen molar-refractivity contribution in [3.8, 4) is 11.5 Å². The van der Waals surface area contributed by atoms with Crippen molar-refractivity contribution in [1.82, 2.24) is 0 Å². The number of hydrogen-bond acceptors (Lipinski definition) is 5. The number of carboxylic acids is 2. The molecule has 2 aromatic rings. The van der Waals surface area contributed by atoms with E-state index in [1.165, 1.54) is 12.1 Å². The van der Waals surface area contributed by atoms with Gasteiger partial charge in [-0.1, -0.05) is 0 Å². The highest BCUT2D eigenvalue weighted by atomic mass is 32.2. The third-order valence-corrected chi connectivity index (χ3v) is 3.68. The van der Waals surface area contributed by atoms with Gasteiger partial charge in [0, 0.05) is 0 Å². The molecule has 120 valence electrons. The van der Waals surface area contributed by atoms with Crippen molar-refractivity contribution in [3.05, 3.63) is 53.6 Å². The van der Waals surface area contributed by atoms with Crippen LogP contribution in [0.15, 0.2) is 47.4 Å². The molecule has 0 aliphatic heterocycles. The molecule has 0 bridgehead atoms. The maximum atomic E-state index is 11.1. The van der Waals surface area contributed by atoms with Crippen molar-refractivity contribution >= 4 is 22.1 Å². The number of hydrogen-bond donors (Lipinski definition) is 3. The zero-order chi connectivity index (χ0) is 17.2. The van der Waals surface area contributed by atoms with E-state index in [9.17, 15) is 18.0 Å². The summed E-state index contributed by atoms with van der Waals surface area (Å²) in [5.74, 6) is -2.71. The van der Waals surface area contributed by atoms with Gasteiger partial charge in [0.2, 0.25) is 0 Å². The van der Waals surface area contributed by atoms with E-state index in [1.54, 1.807) is 0 Å². The summed E-state index contributed by atoms with van der Waals surface area (Å²) in [5.41, 5.74) is -0.423. The highest BCUT2D eigenvalue weighted by molar-refractivity contribution is 7.85. The van der Waals surface area contributed by atoms with Gasteiger partial charge in [0.15, 0.2) is 0 Å². The van der Waals surface area contributed by atoms with Crippen LogP contribution in [0.25, 0.3) is 0 Å². The summed E-state index contributed by atoms with van der Waals surface area (Å²) in [6.45, 7) is 0. The average Bonchev–Trinajstić information content (AvgIpc) is 2.46. The van der Waals surface area contributed by atoms with Crippen molar-refractivity contribution in [2.24, 2.45) is 0 Å². The van der Waals surface area contributed by atoms with Crippen molar-refractivity contribution in [3.63, 3.8) is 0 Å². The van der Waals surface area contributed by atoms with Crippen molar-refractivity contribution < 1.29 is 37.5 Å². The molecule has 0 spiro atoms. The zero-order valence-corrected chi connectivity index (χ0v) is 12.1. The van der Waals surface area contributed by atoms with Crippen LogP contribution >= 0.6 is 0 Å². The van der Waals surface area contributed by atoms with E-state index in [4.69, 9.17) is 19.5 Å². The van der Waals surface area contributed by atoms with Crippen LogP contribution in [0, 0.1) is 0 Å². The lowest BCUT2D eigenvalue weighted by Gasteiger charge is -2.10. The van der Waals surface area contributed by atoms with Crippen LogP contribution < -0.4 is 4.74 Å². The molecule has 0 amide bonds. The lowest BCUT2D eigenvalue weighted by atomic mass is 10.1. The highest BCUT2D eigenvalue weighted by Gasteiger charge is 2.16. The molecule has 0 radical (unpaired) electrons. The van der Waals surface area contributed by atoms with Crippen molar-refractivity contribution in [1.29, 1.82) is 0 Å². The van der Waals surface area contributed by atoms with E-state index in [-0.39, 0.29) is 27.5 Å². The summed E-state index contributed by atoms with van der Waals surface area (Å²) in [6.07, 6.45) is 0. The fourth-order valence-electron chi connectivity index (χ4n) is 1.72. The second-order valence-electron chi connectivity index (χ2n) is 4.37. The highest BCUT2D eigenvalue weighted by Crippen LogP contribution is 2.27. The molecule has 0 aromatic heterocycles. The van der Waals surface area contributed by atoms with Gasteiger partial charge in [-0.05, 0) is 42.5 Å². The molecule has 0 atom stereocenters. The minimum absolute atomic E-state index is 0.0717. The Kier molecular flexibility index (Phi) is 4.34. The summed E-state index contributed by atoms with van der Waals surface area (Å²) in [4.78, 5) is 21.7. The number of rotatable bonds is 5. The van der Waals surface area contributed by atoms with Crippen molar-refractivity contribution in [2.75, 3.05) is 0 Å². The molecule has 23 heavy (non-hydrogen) atoms. The van der Waals surface area contributed by atoms with Crippen LogP contribution in [0.3, 0.4) is 0 Å². The number of carboxylic acid groups (broad SMARTS) is 2. The fourth-order valence-corrected chi connectivity index (χ4v) is 2.20. The Balaban J connectivity index is 2.40. The van der Waals surface area contributed by atoms with Crippen LogP contribution in [0.5, 0.6) is 11.5 Å². The summed E-state index contributed by atoms with van der Waals surface area (Å²) in [5, 5.41) is 18.0. The summed E-state index contributed by atoms with van der Waals surface area (Å²) >= 11 is 0. The molecule has 0 aliphatic carbocycles. The SMILES string of the molecule is O=C(O)c1ccc(C(=O)O)c(Oc2ccc(S(=O)(=O)O)cc2)c1. The molecule has 2 aromatic carbocycles. The van der Waals surface area contributed by atoms with E-state index in [0.29, 0.717) is 0 Å². The lowest BCUT2D eigenvalue weighted by molar-refractivity contribution is 0.0678. The van der Waals surface area contributed by atoms with Gasteiger partial charge in [-0.3, -0.25) is 4.55 Å². The first-order valence-electron chi connectivity index (χ1n) is 6.04. The van der Waals surface area contributed by atoms with Gasteiger partial charge in [-0.25, -0.2) is 9.59 Å². The number of ether oxygens (including phenoxy) is 1. The molecule has 0 saturated heterocycles. The van der Waals surface area contributed by atoms with Gasteiger partial charge in [-0.15, -0.1) is 0 Å². The molecule has 0 heterocycles. The largest absolute Gasteiger partial charge is 0.478 e. The second kappa shape index (κ2) is 6.07. The first-order chi connectivity index (χ1) is 10.7. The Morgan fingerprint density at radius 2 is 1.52 bits per heavy atom. The minimum Gasteiger partial charge on any atom is -0.478 e. The number of carbonyl (C=O) groups is 2. The van der Waals surface area contributed by atoms with E-state index in [0.717, 1.165) is 30.3 Å². The van der Waals surface area contributed by atoms with E-state index < -0.39 is 22.1 Å². The predicted molar refractivity (Wildman–Crippen MR) is 76.7 cm³/mol. The first-order valence-corrected chi connectivity index (χ1v) is 7.48. The molecule has 8 nitrogen and oxygen atoms in total. The second-order valence-corrected chi connectivity index (χ2v) is 5.79. The van der Waals surface area contributed by atoms with Gasteiger partial charge in [0.1, 0.15) is 17.1 Å².